The number of pyridine rings is 2. The zero-order valence-electron chi connectivity index (χ0n) is 27.7. The molecule has 6 aromatic carbocycles. The highest BCUT2D eigenvalue weighted by Crippen LogP contribution is 2.40. The summed E-state index contributed by atoms with van der Waals surface area (Å²) in [6.45, 7) is 0. The third kappa shape index (κ3) is 4.31. The average Bonchev–Trinajstić information content (AvgIpc) is 3.77. The molecule has 242 valence electrons. The summed E-state index contributed by atoms with van der Waals surface area (Å²) in [7, 11) is 0. The minimum Gasteiger partial charge on any atom is -0.455 e. The zero-order valence-corrected chi connectivity index (χ0v) is 27.7. The van der Waals surface area contributed by atoms with Crippen LogP contribution in [-0.4, -0.2) is 24.5 Å². The molecule has 0 aliphatic rings. The van der Waals surface area contributed by atoms with Gasteiger partial charge >= 0.3 is 0 Å². The van der Waals surface area contributed by atoms with Crippen molar-refractivity contribution >= 4 is 65.6 Å². The maximum atomic E-state index is 6.51. The van der Waals surface area contributed by atoms with Gasteiger partial charge in [0.15, 0.2) is 11.5 Å². The monoisotopic (exact) mass is 665 g/mol. The summed E-state index contributed by atoms with van der Waals surface area (Å²) in [6.07, 6.45) is 1.79. The fourth-order valence-corrected chi connectivity index (χ4v) is 7.70. The molecule has 0 saturated heterocycles. The van der Waals surface area contributed by atoms with Crippen molar-refractivity contribution in [3.05, 3.63) is 164 Å². The maximum Gasteiger partial charge on any atom is 0.162 e. The van der Waals surface area contributed by atoms with Gasteiger partial charge in [0.2, 0.25) is 0 Å². The molecule has 0 radical (unpaired) electrons. The number of hydrogen-bond donors (Lipinski definition) is 0. The summed E-state index contributed by atoms with van der Waals surface area (Å²) in [5.74, 6) is 1.46. The van der Waals surface area contributed by atoms with Crippen molar-refractivity contribution in [2.45, 2.75) is 0 Å². The van der Waals surface area contributed by atoms with Crippen molar-refractivity contribution in [2.75, 3.05) is 0 Å². The average molecular weight is 666 g/mol. The van der Waals surface area contributed by atoms with Gasteiger partial charge in [-0.25, -0.2) is 19.9 Å². The molecular weight excluding hydrogens is 639 g/mol. The largest absolute Gasteiger partial charge is 0.455 e. The Kier molecular flexibility index (Phi) is 6.15. The third-order valence-corrected chi connectivity index (χ3v) is 10.1. The molecule has 6 nitrogen and oxygen atoms in total. The van der Waals surface area contributed by atoms with Gasteiger partial charge in [-0.2, -0.15) is 0 Å². The Hall–Kier alpha value is -7.18. The van der Waals surface area contributed by atoms with E-state index in [1.807, 2.05) is 42.5 Å². The highest BCUT2D eigenvalue weighted by atomic mass is 16.3. The molecule has 0 aliphatic carbocycles. The number of nitrogens with zero attached hydrogens (tertiary/aromatic N) is 5. The van der Waals surface area contributed by atoms with Crippen molar-refractivity contribution in [3.8, 4) is 39.7 Å². The molecule has 0 aliphatic heterocycles. The smallest absolute Gasteiger partial charge is 0.162 e. The highest BCUT2D eigenvalue weighted by Gasteiger charge is 2.19. The van der Waals surface area contributed by atoms with Gasteiger partial charge in [-0.15, -0.1) is 0 Å². The Bertz CT molecular complexity index is 3130. The predicted molar refractivity (Wildman–Crippen MR) is 211 cm³/mol. The molecule has 0 N–H and O–H groups in total. The standard InChI is InChI=1S/C46H27N5O/c1-2-11-28(12-3-1)37-27-41(51-38-17-7-4-13-31(38)32-14-5-8-18-39(32)51)49-45(48-37)30-22-20-29(21-23-30)43-35-25-24-34-33-15-6-9-19-40(33)52-44(34)42(35)36-16-10-26-47-46(36)50-43/h1-27H. The Morgan fingerprint density at radius 2 is 1.12 bits per heavy atom. The van der Waals surface area contributed by atoms with Gasteiger partial charge in [0.1, 0.15) is 17.0 Å². The van der Waals surface area contributed by atoms with Gasteiger partial charge in [-0.1, -0.05) is 115 Å². The van der Waals surface area contributed by atoms with Gasteiger partial charge in [0.05, 0.1) is 22.4 Å². The number of hydrogen-bond acceptors (Lipinski definition) is 5. The quantitative estimate of drug-likeness (QED) is 0.175. The van der Waals surface area contributed by atoms with E-state index < -0.39 is 0 Å². The van der Waals surface area contributed by atoms with Crippen LogP contribution in [0.3, 0.4) is 0 Å². The van der Waals surface area contributed by atoms with Crippen molar-refractivity contribution < 1.29 is 4.42 Å². The third-order valence-electron chi connectivity index (χ3n) is 10.1. The fraction of sp³-hybridized carbons (Fsp3) is 0. The summed E-state index contributed by atoms with van der Waals surface area (Å²) in [5, 5.41) is 7.54. The molecule has 6 heteroatoms. The second kappa shape index (κ2) is 11.2. The molecule has 0 saturated carbocycles. The van der Waals surface area contributed by atoms with Crippen LogP contribution in [0.2, 0.25) is 0 Å². The number of furan rings is 1. The Morgan fingerprint density at radius 1 is 0.462 bits per heavy atom. The predicted octanol–water partition coefficient (Wildman–Crippen LogP) is 11.6. The van der Waals surface area contributed by atoms with E-state index in [0.717, 1.165) is 83.0 Å². The molecule has 0 atom stereocenters. The second-order valence-corrected chi connectivity index (χ2v) is 13.0. The summed E-state index contributed by atoms with van der Waals surface area (Å²) >= 11 is 0. The Labute approximate surface area is 297 Å². The number of para-hydroxylation sites is 3. The number of rotatable bonds is 4. The van der Waals surface area contributed by atoms with E-state index in [4.69, 9.17) is 19.4 Å². The van der Waals surface area contributed by atoms with Crippen LogP contribution in [0.25, 0.3) is 105 Å². The lowest BCUT2D eigenvalue weighted by Gasteiger charge is -2.13. The van der Waals surface area contributed by atoms with Gasteiger partial charge in [0, 0.05) is 66.7 Å². The SMILES string of the molecule is c1ccc(-c2cc(-n3c4ccccc4c4ccccc43)nc(-c3ccc(-c4nc5ncccc5c5c4ccc4c6ccccc6oc45)cc3)n2)cc1. The van der Waals surface area contributed by atoms with Crippen molar-refractivity contribution in [1.29, 1.82) is 0 Å². The maximum absolute atomic E-state index is 6.51. The summed E-state index contributed by atoms with van der Waals surface area (Å²) in [5.41, 5.74) is 9.20. The van der Waals surface area contributed by atoms with E-state index in [2.05, 4.69) is 125 Å². The van der Waals surface area contributed by atoms with Crippen LogP contribution >= 0.6 is 0 Å². The van der Waals surface area contributed by atoms with E-state index in [-0.39, 0.29) is 0 Å². The molecule has 0 spiro atoms. The van der Waals surface area contributed by atoms with Crippen molar-refractivity contribution in [3.63, 3.8) is 0 Å². The lowest BCUT2D eigenvalue weighted by Crippen LogP contribution is -2.02. The van der Waals surface area contributed by atoms with E-state index >= 15 is 0 Å². The van der Waals surface area contributed by atoms with E-state index in [0.29, 0.717) is 11.5 Å². The van der Waals surface area contributed by atoms with E-state index in [9.17, 15) is 0 Å². The van der Waals surface area contributed by atoms with E-state index in [1.165, 1.54) is 10.8 Å². The molecule has 11 aromatic rings. The van der Waals surface area contributed by atoms with Crippen LogP contribution in [0.15, 0.2) is 168 Å². The number of fused-ring (bicyclic) bond motifs is 10. The molecular formula is C46H27N5O. The van der Waals surface area contributed by atoms with E-state index in [1.54, 1.807) is 6.20 Å². The first-order valence-electron chi connectivity index (χ1n) is 17.3. The Balaban J connectivity index is 1.10. The van der Waals surface area contributed by atoms with Crippen LogP contribution in [0.4, 0.5) is 0 Å². The van der Waals surface area contributed by atoms with Crippen LogP contribution in [-0.2, 0) is 0 Å². The number of aromatic nitrogens is 5. The molecule has 11 rings (SSSR count). The molecule has 5 aromatic heterocycles. The van der Waals surface area contributed by atoms with Crippen LogP contribution in [0, 0.1) is 0 Å². The molecule has 0 amide bonds. The topological polar surface area (TPSA) is 69.6 Å². The molecule has 0 fully saturated rings. The minimum absolute atomic E-state index is 0.645. The molecule has 0 unspecified atom stereocenters. The second-order valence-electron chi connectivity index (χ2n) is 13.0. The first kappa shape index (κ1) is 28.6. The first-order valence-corrected chi connectivity index (χ1v) is 17.3. The van der Waals surface area contributed by atoms with Gasteiger partial charge in [-0.3, -0.25) is 4.57 Å². The van der Waals surface area contributed by atoms with Crippen molar-refractivity contribution in [1.82, 2.24) is 24.5 Å². The fourth-order valence-electron chi connectivity index (χ4n) is 7.70. The first-order chi connectivity index (χ1) is 25.8. The zero-order chi connectivity index (χ0) is 34.2. The van der Waals surface area contributed by atoms with Crippen LogP contribution in [0.5, 0.6) is 0 Å². The Morgan fingerprint density at radius 3 is 1.90 bits per heavy atom. The summed E-state index contributed by atoms with van der Waals surface area (Å²) in [6, 6.07) is 54.3. The van der Waals surface area contributed by atoms with Crippen LogP contribution in [0.1, 0.15) is 0 Å². The molecule has 5 heterocycles. The van der Waals surface area contributed by atoms with Crippen molar-refractivity contribution in [2.24, 2.45) is 0 Å². The highest BCUT2D eigenvalue weighted by molar-refractivity contribution is 6.24. The summed E-state index contributed by atoms with van der Waals surface area (Å²) < 4.78 is 8.75. The molecule has 52 heavy (non-hydrogen) atoms. The lowest BCUT2D eigenvalue weighted by atomic mass is 9.98. The molecule has 0 bridgehead atoms. The van der Waals surface area contributed by atoms with Gasteiger partial charge in [-0.05, 0) is 36.4 Å². The number of benzene rings is 6. The van der Waals surface area contributed by atoms with Gasteiger partial charge < -0.3 is 4.42 Å². The van der Waals surface area contributed by atoms with Gasteiger partial charge in [0.25, 0.3) is 0 Å². The minimum atomic E-state index is 0.645. The lowest BCUT2D eigenvalue weighted by molar-refractivity contribution is 0.673. The normalized spacial score (nSPS) is 11.8. The summed E-state index contributed by atoms with van der Waals surface area (Å²) in [4.78, 5) is 20.2. The van der Waals surface area contributed by atoms with Crippen LogP contribution < -0.4 is 0 Å².